The van der Waals surface area contributed by atoms with Gasteiger partial charge in [0.25, 0.3) is 0 Å². The number of fused-ring (bicyclic) bond motifs is 1. The van der Waals surface area contributed by atoms with Crippen molar-refractivity contribution in [3.8, 4) is 17.2 Å². The summed E-state index contributed by atoms with van der Waals surface area (Å²) < 4.78 is 15.9. The van der Waals surface area contributed by atoms with Gasteiger partial charge in [-0.3, -0.25) is 4.79 Å². The van der Waals surface area contributed by atoms with Crippen LogP contribution in [-0.2, 0) is 11.2 Å². The minimum atomic E-state index is -0.145. The van der Waals surface area contributed by atoms with E-state index < -0.39 is 0 Å². The van der Waals surface area contributed by atoms with Gasteiger partial charge in [0.15, 0.2) is 16.7 Å². The molecule has 8 nitrogen and oxygen atoms in total. The van der Waals surface area contributed by atoms with Crippen LogP contribution in [0.3, 0.4) is 0 Å². The molecule has 4 aromatic rings. The van der Waals surface area contributed by atoms with Gasteiger partial charge in [-0.2, -0.15) is 0 Å². The van der Waals surface area contributed by atoms with E-state index in [1.54, 1.807) is 27.4 Å². The van der Waals surface area contributed by atoms with Gasteiger partial charge < -0.3 is 24.8 Å². The van der Waals surface area contributed by atoms with Crippen molar-refractivity contribution < 1.29 is 19.0 Å². The molecule has 0 saturated heterocycles. The number of rotatable bonds is 11. The minimum Gasteiger partial charge on any atom is -0.497 e. The summed E-state index contributed by atoms with van der Waals surface area (Å²) in [4.78, 5) is 21.8. The molecule has 9 heteroatoms. The quantitative estimate of drug-likeness (QED) is 0.217. The summed E-state index contributed by atoms with van der Waals surface area (Å²) in [6, 6.07) is 21.0. The van der Waals surface area contributed by atoms with Crippen LogP contribution in [0.25, 0.3) is 10.9 Å². The van der Waals surface area contributed by atoms with Crippen molar-refractivity contribution in [2.24, 2.45) is 0 Å². The first-order valence-corrected chi connectivity index (χ1v) is 12.4. The second-order valence-electron chi connectivity index (χ2n) is 7.81. The Morgan fingerprint density at radius 2 is 1.72 bits per heavy atom. The number of nitrogens with zero attached hydrogens (tertiary/aromatic N) is 2. The summed E-state index contributed by atoms with van der Waals surface area (Å²) in [7, 11) is 4.84. The van der Waals surface area contributed by atoms with Crippen molar-refractivity contribution >= 4 is 40.1 Å². The Morgan fingerprint density at radius 1 is 0.889 bits per heavy atom. The number of methoxy groups -OCH3 is 3. The van der Waals surface area contributed by atoms with Crippen molar-refractivity contribution in [1.29, 1.82) is 0 Å². The zero-order valence-electron chi connectivity index (χ0n) is 20.4. The van der Waals surface area contributed by atoms with Gasteiger partial charge in [-0.25, -0.2) is 9.97 Å². The third kappa shape index (κ3) is 6.37. The number of carbonyl (C=O) groups excluding carboxylic acids is 1. The first-order chi connectivity index (χ1) is 17.6. The van der Waals surface area contributed by atoms with Gasteiger partial charge in [0.05, 0.1) is 32.6 Å². The molecule has 186 valence electrons. The monoisotopic (exact) mass is 504 g/mol. The molecule has 3 aromatic carbocycles. The van der Waals surface area contributed by atoms with E-state index in [0.717, 1.165) is 28.7 Å². The van der Waals surface area contributed by atoms with Gasteiger partial charge in [0, 0.05) is 23.7 Å². The van der Waals surface area contributed by atoms with Crippen LogP contribution in [0.15, 0.2) is 71.9 Å². The lowest BCUT2D eigenvalue weighted by Gasteiger charge is -2.12. The van der Waals surface area contributed by atoms with E-state index in [1.165, 1.54) is 11.8 Å². The van der Waals surface area contributed by atoms with E-state index in [-0.39, 0.29) is 11.7 Å². The summed E-state index contributed by atoms with van der Waals surface area (Å²) >= 11 is 1.29. The van der Waals surface area contributed by atoms with E-state index in [0.29, 0.717) is 34.6 Å². The molecule has 1 aromatic heterocycles. The highest BCUT2D eigenvalue weighted by Crippen LogP contribution is 2.28. The summed E-state index contributed by atoms with van der Waals surface area (Å²) in [5, 5.41) is 7.77. The summed E-state index contributed by atoms with van der Waals surface area (Å²) in [5.41, 5.74) is 2.61. The first-order valence-electron chi connectivity index (χ1n) is 11.4. The molecule has 0 radical (unpaired) electrons. The smallest absolute Gasteiger partial charge is 0.234 e. The highest BCUT2D eigenvalue weighted by Gasteiger charge is 2.11. The minimum absolute atomic E-state index is 0.145. The van der Waals surface area contributed by atoms with Crippen LogP contribution in [0.5, 0.6) is 17.2 Å². The molecule has 0 spiro atoms. The summed E-state index contributed by atoms with van der Waals surface area (Å²) in [6.07, 6.45) is 0.768. The molecule has 0 aliphatic rings. The number of thioether (sulfide) groups is 1. The predicted molar refractivity (Wildman–Crippen MR) is 144 cm³/mol. The number of hydrogen-bond donors (Lipinski definition) is 2. The first kappa shape index (κ1) is 25.1. The third-order valence-corrected chi connectivity index (χ3v) is 6.27. The Balaban J connectivity index is 1.42. The fraction of sp³-hybridized carbons (Fsp3) is 0.222. The molecule has 36 heavy (non-hydrogen) atoms. The van der Waals surface area contributed by atoms with Crippen LogP contribution in [0.2, 0.25) is 0 Å². The fourth-order valence-electron chi connectivity index (χ4n) is 3.64. The maximum Gasteiger partial charge on any atom is 0.234 e. The lowest BCUT2D eigenvalue weighted by molar-refractivity contribution is -0.113. The zero-order chi connectivity index (χ0) is 25.3. The molecule has 0 bridgehead atoms. The lowest BCUT2D eigenvalue weighted by Crippen LogP contribution is -2.14. The number of para-hydroxylation sites is 1. The van der Waals surface area contributed by atoms with E-state index in [2.05, 4.69) is 15.6 Å². The number of aromatic nitrogens is 2. The predicted octanol–water partition coefficient (Wildman–Crippen LogP) is 5.04. The lowest BCUT2D eigenvalue weighted by atomic mass is 10.1. The zero-order valence-corrected chi connectivity index (χ0v) is 21.2. The van der Waals surface area contributed by atoms with Crippen LogP contribution in [0.4, 0.5) is 11.5 Å². The molecule has 4 rings (SSSR count). The number of benzene rings is 3. The molecule has 0 aliphatic heterocycles. The van der Waals surface area contributed by atoms with Gasteiger partial charge in [-0.05, 0) is 48.4 Å². The third-order valence-electron chi connectivity index (χ3n) is 5.42. The number of anilines is 2. The topological polar surface area (TPSA) is 94.6 Å². The normalized spacial score (nSPS) is 10.6. The molecule has 0 fully saturated rings. The SMILES string of the molecule is COc1cccc(NC(=O)CSc2nc(NCCc3ccc(OC)c(OC)c3)c3ccccc3n2)c1. The molecular formula is C27H28N4O4S. The number of ether oxygens (including phenoxy) is 3. The van der Waals surface area contributed by atoms with Gasteiger partial charge in [0.2, 0.25) is 5.91 Å². The number of amides is 1. The highest BCUT2D eigenvalue weighted by atomic mass is 32.2. The average molecular weight is 505 g/mol. The van der Waals surface area contributed by atoms with E-state index in [1.807, 2.05) is 60.7 Å². The maximum absolute atomic E-state index is 12.5. The molecule has 2 N–H and O–H groups in total. The Bertz CT molecular complexity index is 1350. The molecule has 0 saturated carbocycles. The van der Waals surface area contributed by atoms with Gasteiger partial charge in [0.1, 0.15) is 11.6 Å². The molecule has 1 heterocycles. The standard InChI is InChI=1S/C27H28N4O4S/c1-33-20-8-6-7-19(16-20)29-25(32)17-36-27-30-22-10-5-4-9-21(22)26(31-27)28-14-13-18-11-12-23(34-2)24(15-18)35-3/h4-12,15-16H,13-14,17H2,1-3H3,(H,29,32)(H,28,30,31). The van der Waals surface area contributed by atoms with Crippen LogP contribution >= 0.6 is 11.8 Å². The Kier molecular flexibility index (Phi) is 8.46. The highest BCUT2D eigenvalue weighted by molar-refractivity contribution is 7.99. The Hall–Kier alpha value is -3.98. The van der Waals surface area contributed by atoms with E-state index >= 15 is 0 Å². The molecule has 0 aliphatic carbocycles. The Labute approximate surface area is 214 Å². The van der Waals surface area contributed by atoms with Crippen molar-refractivity contribution in [3.63, 3.8) is 0 Å². The van der Waals surface area contributed by atoms with Crippen molar-refractivity contribution in [2.45, 2.75) is 11.6 Å². The van der Waals surface area contributed by atoms with E-state index in [9.17, 15) is 4.79 Å². The number of hydrogen-bond acceptors (Lipinski definition) is 8. The average Bonchev–Trinajstić information content (AvgIpc) is 2.91. The van der Waals surface area contributed by atoms with Crippen LogP contribution in [0.1, 0.15) is 5.56 Å². The summed E-state index contributed by atoms with van der Waals surface area (Å²) in [6.45, 7) is 0.664. The number of carbonyl (C=O) groups is 1. The van der Waals surface area contributed by atoms with Gasteiger partial charge >= 0.3 is 0 Å². The van der Waals surface area contributed by atoms with Crippen molar-refractivity contribution in [2.75, 3.05) is 44.3 Å². The molecule has 0 unspecified atom stereocenters. The number of nitrogens with one attached hydrogen (secondary N) is 2. The van der Waals surface area contributed by atoms with Crippen LogP contribution < -0.4 is 24.8 Å². The fourth-order valence-corrected chi connectivity index (χ4v) is 4.30. The second kappa shape index (κ2) is 12.1. The molecular weight excluding hydrogens is 476 g/mol. The van der Waals surface area contributed by atoms with E-state index in [4.69, 9.17) is 19.2 Å². The van der Waals surface area contributed by atoms with Gasteiger partial charge in [-0.15, -0.1) is 0 Å². The van der Waals surface area contributed by atoms with Crippen LogP contribution in [-0.4, -0.2) is 49.5 Å². The molecule has 1 amide bonds. The van der Waals surface area contributed by atoms with Gasteiger partial charge in [-0.1, -0.05) is 36.0 Å². The largest absolute Gasteiger partial charge is 0.497 e. The Morgan fingerprint density at radius 3 is 2.53 bits per heavy atom. The maximum atomic E-state index is 12.5. The van der Waals surface area contributed by atoms with Crippen molar-refractivity contribution in [3.05, 3.63) is 72.3 Å². The molecule has 0 atom stereocenters. The van der Waals surface area contributed by atoms with Crippen molar-refractivity contribution in [1.82, 2.24) is 9.97 Å². The summed E-state index contributed by atoms with van der Waals surface area (Å²) in [5.74, 6) is 2.86. The second-order valence-corrected chi connectivity index (χ2v) is 8.75. The van der Waals surface area contributed by atoms with Crippen LogP contribution in [0, 0.1) is 0 Å².